The lowest BCUT2D eigenvalue weighted by Gasteiger charge is -2.11. The monoisotopic (exact) mass is 358 g/mol. The van der Waals surface area contributed by atoms with Gasteiger partial charge in [-0.05, 0) is 22.3 Å². The number of benzene rings is 2. The van der Waals surface area contributed by atoms with Gasteiger partial charge >= 0.3 is 0 Å². The van der Waals surface area contributed by atoms with Crippen molar-refractivity contribution in [1.29, 1.82) is 0 Å². The van der Waals surface area contributed by atoms with E-state index in [1.54, 1.807) is 0 Å². The van der Waals surface area contributed by atoms with Gasteiger partial charge in [0.15, 0.2) is 0 Å². The Labute approximate surface area is 149 Å². The van der Waals surface area contributed by atoms with Crippen molar-refractivity contribution in [2.24, 2.45) is 0 Å². The first kappa shape index (κ1) is 18.8. The third-order valence-electron chi connectivity index (χ3n) is 3.45. The van der Waals surface area contributed by atoms with Crippen LogP contribution in [-0.2, 0) is 15.6 Å². The maximum atomic E-state index is 12.7. The zero-order chi connectivity index (χ0) is 18.2. The molecule has 130 valence electrons. The molecule has 2 aromatic rings. The second-order valence-electron chi connectivity index (χ2n) is 5.29. The summed E-state index contributed by atoms with van der Waals surface area (Å²) in [6.07, 6.45) is 3.99. The summed E-state index contributed by atoms with van der Waals surface area (Å²) in [6, 6.07) is 17.6. The summed E-state index contributed by atoms with van der Waals surface area (Å²) in [5, 5.41) is 7.42. The Balaban J connectivity index is 0.000000511. The highest BCUT2D eigenvalue weighted by Crippen LogP contribution is 2.36. The van der Waals surface area contributed by atoms with Gasteiger partial charge in [-0.2, -0.15) is 0 Å². The predicted molar refractivity (Wildman–Crippen MR) is 101 cm³/mol. The third-order valence-corrected chi connectivity index (χ3v) is 4.89. The topological polar surface area (TPSA) is 54.4 Å². The number of aliphatic carboxylic acids is 1. The van der Waals surface area contributed by atoms with Crippen LogP contribution in [-0.4, -0.2) is 27.7 Å². The molecule has 25 heavy (non-hydrogen) atoms. The third kappa shape index (κ3) is 4.97. The summed E-state index contributed by atoms with van der Waals surface area (Å²) in [6.45, 7) is 0.502. The summed E-state index contributed by atoms with van der Waals surface area (Å²) in [5.74, 6) is -0.802. The van der Waals surface area contributed by atoms with Crippen LogP contribution >= 0.6 is 0 Å². The van der Waals surface area contributed by atoms with E-state index in [1.165, 1.54) is 0 Å². The van der Waals surface area contributed by atoms with Gasteiger partial charge in [0.1, 0.15) is 6.67 Å². The van der Waals surface area contributed by atoms with Crippen LogP contribution in [0.25, 0.3) is 16.6 Å². The smallest absolute Gasteiger partial charge is 0.300 e. The zero-order valence-corrected chi connectivity index (χ0v) is 14.6. The molecule has 0 spiro atoms. The van der Waals surface area contributed by atoms with E-state index in [0.717, 1.165) is 34.1 Å². The standard InChI is InChI=1S/C18H15FOS.C2H4O2/c19-12-13-21(20)18(15-7-2-1-3-8-15)17-11-10-14-6-4-5-9-16(14)17;1-2(3)4/h1-11H,12-13H2;1H3,(H,3,4)/b18-17+;. The second-order valence-corrected chi connectivity index (χ2v) is 6.79. The number of hydrogen-bond donors (Lipinski definition) is 1. The number of halogens is 1. The Morgan fingerprint density at radius 3 is 2.28 bits per heavy atom. The summed E-state index contributed by atoms with van der Waals surface area (Å²) in [5.41, 5.74) is 3.99. The van der Waals surface area contributed by atoms with Crippen LogP contribution in [0.15, 0.2) is 60.7 Å². The molecule has 0 saturated heterocycles. The Hall–Kier alpha value is -2.53. The van der Waals surface area contributed by atoms with Crippen LogP contribution in [0.3, 0.4) is 0 Å². The number of carboxylic acid groups (broad SMARTS) is 1. The Morgan fingerprint density at radius 1 is 1.04 bits per heavy atom. The van der Waals surface area contributed by atoms with Crippen LogP contribution < -0.4 is 0 Å². The fraction of sp³-hybridized carbons (Fsp3) is 0.150. The number of carbonyl (C=O) groups is 1. The highest BCUT2D eigenvalue weighted by molar-refractivity contribution is 7.94. The maximum absolute atomic E-state index is 12.7. The second kappa shape index (κ2) is 9.08. The number of carboxylic acids is 1. The highest BCUT2D eigenvalue weighted by Gasteiger charge is 2.20. The molecule has 0 aromatic heterocycles. The largest absolute Gasteiger partial charge is 0.481 e. The van der Waals surface area contributed by atoms with Crippen LogP contribution in [0.5, 0.6) is 0 Å². The number of fused-ring (bicyclic) bond motifs is 1. The molecule has 0 amide bonds. The molecule has 0 heterocycles. The number of alkyl halides is 1. The van der Waals surface area contributed by atoms with Crippen molar-refractivity contribution in [3.8, 4) is 0 Å². The summed E-state index contributed by atoms with van der Waals surface area (Å²) < 4.78 is 25.2. The summed E-state index contributed by atoms with van der Waals surface area (Å²) in [4.78, 5) is 9.72. The lowest BCUT2D eigenvalue weighted by molar-refractivity contribution is -0.134. The number of hydrogen-bond acceptors (Lipinski definition) is 2. The SMILES string of the molecule is CC(=O)O.O=S(CCF)/C(=C1\C=Cc2ccccc21)c1ccccc1. The molecule has 0 fully saturated rings. The van der Waals surface area contributed by atoms with Gasteiger partial charge in [0.2, 0.25) is 0 Å². The van der Waals surface area contributed by atoms with Crippen molar-refractivity contribution in [1.82, 2.24) is 0 Å². The highest BCUT2D eigenvalue weighted by atomic mass is 32.2. The molecular formula is C20H19FO3S. The minimum absolute atomic E-state index is 0.0315. The normalized spacial score (nSPS) is 15.0. The molecule has 1 aliphatic carbocycles. The van der Waals surface area contributed by atoms with Crippen molar-refractivity contribution >= 4 is 33.3 Å². The lowest BCUT2D eigenvalue weighted by Crippen LogP contribution is -2.04. The molecule has 0 radical (unpaired) electrons. The molecule has 3 nitrogen and oxygen atoms in total. The lowest BCUT2D eigenvalue weighted by atomic mass is 10.0. The Bertz CT molecular complexity index is 822. The molecule has 0 bridgehead atoms. The molecule has 1 N–H and O–H groups in total. The van der Waals surface area contributed by atoms with Crippen molar-refractivity contribution in [2.75, 3.05) is 12.4 Å². The summed E-state index contributed by atoms with van der Waals surface area (Å²) in [7, 11) is -1.35. The Morgan fingerprint density at radius 2 is 1.64 bits per heavy atom. The quantitative estimate of drug-likeness (QED) is 0.882. The van der Waals surface area contributed by atoms with Crippen molar-refractivity contribution in [3.63, 3.8) is 0 Å². The predicted octanol–water partition coefficient (Wildman–Crippen LogP) is 4.39. The molecule has 2 aromatic carbocycles. The first-order chi connectivity index (χ1) is 12.0. The van der Waals surface area contributed by atoms with E-state index in [9.17, 15) is 8.60 Å². The van der Waals surface area contributed by atoms with Crippen molar-refractivity contribution in [3.05, 3.63) is 77.4 Å². The van der Waals surface area contributed by atoms with Gasteiger partial charge < -0.3 is 5.11 Å². The Kier molecular flexibility index (Phi) is 6.83. The van der Waals surface area contributed by atoms with E-state index in [-0.39, 0.29) is 5.75 Å². The van der Waals surface area contributed by atoms with Gasteiger partial charge in [0.25, 0.3) is 5.97 Å². The van der Waals surface area contributed by atoms with Crippen LogP contribution in [0, 0.1) is 0 Å². The van der Waals surface area contributed by atoms with Gasteiger partial charge in [0.05, 0.1) is 21.5 Å². The first-order valence-corrected chi connectivity index (χ1v) is 9.07. The molecule has 5 heteroatoms. The van der Waals surface area contributed by atoms with Gasteiger partial charge in [-0.1, -0.05) is 66.7 Å². The van der Waals surface area contributed by atoms with Crippen molar-refractivity contribution < 1.29 is 18.5 Å². The maximum Gasteiger partial charge on any atom is 0.300 e. The van der Waals surface area contributed by atoms with E-state index in [4.69, 9.17) is 9.90 Å². The van der Waals surface area contributed by atoms with E-state index in [1.807, 2.05) is 66.7 Å². The van der Waals surface area contributed by atoms with E-state index in [0.29, 0.717) is 0 Å². The average Bonchev–Trinajstić information content (AvgIpc) is 3.00. The molecule has 1 unspecified atom stereocenters. The number of rotatable bonds is 4. The van der Waals surface area contributed by atoms with Crippen LogP contribution in [0.4, 0.5) is 4.39 Å². The van der Waals surface area contributed by atoms with E-state index >= 15 is 0 Å². The van der Waals surface area contributed by atoms with Crippen LogP contribution in [0.2, 0.25) is 0 Å². The molecule has 0 saturated carbocycles. The van der Waals surface area contributed by atoms with Gasteiger partial charge in [-0.25, -0.2) is 0 Å². The molecular weight excluding hydrogens is 339 g/mol. The average molecular weight is 358 g/mol. The van der Waals surface area contributed by atoms with Crippen LogP contribution in [0.1, 0.15) is 23.6 Å². The molecule has 0 aliphatic heterocycles. The zero-order valence-electron chi connectivity index (χ0n) is 13.8. The van der Waals surface area contributed by atoms with Gasteiger partial charge in [-0.15, -0.1) is 0 Å². The molecule has 1 atom stereocenters. The van der Waals surface area contributed by atoms with Gasteiger partial charge in [-0.3, -0.25) is 13.4 Å². The fourth-order valence-electron chi connectivity index (χ4n) is 2.52. The molecule has 1 aliphatic rings. The van der Waals surface area contributed by atoms with E-state index < -0.39 is 23.4 Å². The fourth-order valence-corrected chi connectivity index (χ4v) is 3.69. The minimum Gasteiger partial charge on any atom is -0.481 e. The molecule has 3 rings (SSSR count). The number of allylic oxidation sites excluding steroid dienone is 2. The van der Waals surface area contributed by atoms with E-state index in [2.05, 4.69) is 0 Å². The first-order valence-electron chi connectivity index (χ1n) is 7.75. The minimum atomic E-state index is -1.35. The van der Waals surface area contributed by atoms with Gasteiger partial charge in [0, 0.05) is 6.92 Å². The van der Waals surface area contributed by atoms with Crippen molar-refractivity contribution in [2.45, 2.75) is 6.92 Å². The summed E-state index contributed by atoms with van der Waals surface area (Å²) >= 11 is 0.